The van der Waals surface area contributed by atoms with Gasteiger partial charge in [0, 0.05) is 17.9 Å². The second-order valence-electron chi connectivity index (χ2n) is 10.8. The quantitative estimate of drug-likeness (QED) is 0.287. The number of aryl methyl sites for hydroxylation is 1. The number of hydrogen-bond acceptors (Lipinski definition) is 3. The first-order valence-corrected chi connectivity index (χ1v) is 13.3. The minimum absolute atomic E-state index is 0.161. The van der Waals surface area contributed by atoms with Crippen LogP contribution in [0.15, 0.2) is 61.4 Å². The van der Waals surface area contributed by atoms with E-state index < -0.39 is 0 Å². The molecule has 0 bridgehead atoms. The summed E-state index contributed by atoms with van der Waals surface area (Å²) in [4.78, 5) is 0. The maximum Gasteiger partial charge on any atom is 0.120 e. The first-order valence-electron chi connectivity index (χ1n) is 13.3. The van der Waals surface area contributed by atoms with E-state index in [1.807, 2.05) is 6.07 Å². The highest BCUT2D eigenvalue weighted by Gasteiger charge is 2.59. The smallest absolute Gasteiger partial charge is 0.120 e. The Morgan fingerprint density at radius 2 is 1.94 bits per heavy atom. The average Bonchev–Trinajstić information content (AvgIpc) is 3.19. The molecule has 3 nitrogen and oxygen atoms in total. The zero-order chi connectivity index (χ0) is 23.5. The van der Waals surface area contributed by atoms with E-state index in [0.29, 0.717) is 30.5 Å². The van der Waals surface area contributed by atoms with E-state index in [-0.39, 0.29) is 11.5 Å². The summed E-state index contributed by atoms with van der Waals surface area (Å²) in [6.45, 7) is 10.1. The molecule has 182 valence electrons. The Bertz CT molecular complexity index is 970. The van der Waals surface area contributed by atoms with E-state index >= 15 is 0 Å². The minimum atomic E-state index is 0.161. The topological polar surface area (TPSA) is 27.7 Å². The van der Waals surface area contributed by atoms with Crippen molar-refractivity contribution in [1.29, 1.82) is 0 Å². The number of unbranched alkanes of at least 4 members (excludes halogenated alkanes) is 1. The lowest BCUT2D eigenvalue weighted by Gasteiger charge is -2.53. The average molecular weight is 461 g/mol. The molecule has 3 heteroatoms. The summed E-state index contributed by atoms with van der Waals surface area (Å²) in [6, 6.07) is 17.1. The molecule has 2 aromatic rings. The number of hydrogen-bond donors (Lipinski definition) is 0. The monoisotopic (exact) mass is 460 g/mol. The number of ether oxygens (including phenoxy) is 3. The van der Waals surface area contributed by atoms with Gasteiger partial charge in [0.2, 0.25) is 0 Å². The van der Waals surface area contributed by atoms with E-state index in [9.17, 15) is 0 Å². The van der Waals surface area contributed by atoms with Gasteiger partial charge in [-0.1, -0.05) is 63.2 Å². The van der Waals surface area contributed by atoms with Crippen molar-refractivity contribution >= 4 is 0 Å². The van der Waals surface area contributed by atoms with Crippen LogP contribution in [0.25, 0.3) is 0 Å². The van der Waals surface area contributed by atoms with Crippen LogP contribution in [0.1, 0.15) is 75.0 Å². The van der Waals surface area contributed by atoms with Crippen molar-refractivity contribution in [2.75, 3.05) is 6.61 Å². The lowest BCUT2D eigenvalue weighted by Crippen LogP contribution is -2.51. The molecular weight excluding hydrogens is 420 g/mol. The predicted octanol–water partition coefficient (Wildman–Crippen LogP) is 7.45. The lowest BCUT2D eigenvalue weighted by molar-refractivity contribution is -0.105. The van der Waals surface area contributed by atoms with Crippen LogP contribution in [-0.4, -0.2) is 18.8 Å². The second-order valence-corrected chi connectivity index (χ2v) is 10.8. The molecule has 3 aliphatic carbocycles. The molecule has 3 aliphatic rings. The van der Waals surface area contributed by atoms with E-state index in [1.165, 1.54) is 42.4 Å². The minimum Gasteiger partial charge on any atom is -0.498 e. The molecule has 0 saturated heterocycles. The van der Waals surface area contributed by atoms with Gasteiger partial charge >= 0.3 is 0 Å². The highest BCUT2D eigenvalue weighted by Crippen LogP contribution is 2.62. The lowest BCUT2D eigenvalue weighted by atomic mass is 9.54. The zero-order valence-electron chi connectivity index (χ0n) is 20.9. The van der Waals surface area contributed by atoms with Crippen molar-refractivity contribution in [2.24, 2.45) is 17.3 Å². The van der Waals surface area contributed by atoms with Crippen molar-refractivity contribution in [3.8, 4) is 5.75 Å². The zero-order valence-corrected chi connectivity index (χ0v) is 20.9. The summed E-state index contributed by atoms with van der Waals surface area (Å²) in [5, 5.41) is 0. The number of rotatable bonds is 9. The molecule has 34 heavy (non-hydrogen) atoms. The molecule has 0 N–H and O–H groups in total. The molecule has 6 atom stereocenters. The van der Waals surface area contributed by atoms with Gasteiger partial charge in [-0.25, -0.2) is 0 Å². The molecular formula is C31H40O3. The van der Waals surface area contributed by atoms with Crippen LogP contribution in [0.3, 0.4) is 0 Å². The maximum atomic E-state index is 6.47. The first-order chi connectivity index (χ1) is 16.6. The molecule has 6 unspecified atom stereocenters. The fourth-order valence-corrected chi connectivity index (χ4v) is 7.29. The summed E-state index contributed by atoms with van der Waals surface area (Å²) in [6.07, 6.45) is 10.4. The van der Waals surface area contributed by atoms with Gasteiger partial charge in [-0.05, 0) is 79.2 Å². The fourth-order valence-electron chi connectivity index (χ4n) is 7.29. The van der Waals surface area contributed by atoms with Gasteiger partial charge in [-0.3, -0.25) is 0 Å². The number of fused-ring (bicyclic) bond motifs is 5. The Kier molecular flexibility index (Phi) is 7.01. The summed E-state index contributed by atoms with van der Waals surface area (Å²) >= 11 is 0. The number of benzene rings is 2. The van der Waals surface area contributed by atoms with Gasteiger partial charge in [0.15, 0.2) is 0 Å². The molecule has 2 fully saturated rings. The highest BCUT2D eigenvalue weighted by molar-refractivity contribution is 5.41. The van der Waals surface area contributed by atoms with Crippen molar-refractivity contribution in [3.63, 3.8) is 0 Å². The van der Waals surface area contributed by atoms with E-state index in [0.717, 1.165) is 31.6 Å². The third-order valence-electron chi connectivity index (χ3n) is 8.90. The van der Waals surface area contributed by atoms with Crippen LogP contribution in [0, 0.1) is 17.3 Å². The molecule has 0 radical (unpaired) electrons. The van der Waals surface area contributed by atoms with E-state index in [1.54, 1.807) is 6.26 Å². The summed E-state index contributed by atoms with van der Waals surface area (Å²) in [7, 11) is 0. The van der Waals surface area contributed by atoms with Gasteiger partial charge in [0.05, 0.1) is 12.4 Å². The Morgan fingerprint density at radius 3 is 2.74 bits per heavy atom. The molecule has 0 heterocycles. The van der Waals surface area contributed by atoms with Crippen LogP contribution in [0.4, 0.5) is 0 Å². The van der Waals surface area contributed by atoms with Gasteiger partial charge in [-0.15, -0.1) is 0 Å². The highest BCUT2D eigenvalue weighted by atomic mass is 16.5. The van der Waals surface area contributed by atoms with Gasteiger partial charge in [0.25, 0.3) is 0 Å². The molecule has 0 amide bonds. The van der Waals surface area contributed by atoms with Crippen LogP contribution in [0.2, 0.25) is 0 Å². The Morgan fingerprint density at radius 1 is 1.09 bits per heavy atom. The second kappa shape index (κ2) is 10.2. The fraction of sp³-hybridized carbons (Fsp3) is 0.548. The van der Waals surface area contributed by atoms with Gasteiger partial charge in [-0.2, -0.15) is 0 Å². The van der Waals surface area contributed by atoms with Crippen molar-refractivity contribution in [3.05, 3.63) is 78.1 Å². The Balaban J connectivity index is 1.36. The Labute approximate surface area is 205 Å². The van der Waals surface area contributed by atoms with Crippen LogP contribution < -0.4 is 4.74 Å². The molecule has 2 aromatic carbocycles. The normalized spacial score (nSPS) is 31.8. The molecule has 2 saturated carbocycles. The standard InChI is InChI=1S/C31H40O3/c1-4-6-18-33-29-17-16-27-26-14-12-23-19-24(34-21-22-10-8-7-9-11-22)13-15-25(23)30(26)28(32-5-2)20-31(27,29)3/h5,7-11,13,15,19,26-30H,2,4,6,12,14,16-18,20-21H2,1,3H3. The van der Waals surface area contributed by atoms with Crippen molar-refractivity contribution in [2.45, 2.75) is 83.5 Å². The third kappa shape index (κ3) is 4.40. The summed E-state index contributed by atoms with van der Waals surface area (Å²) in [5.74, 6) is 2.74. The molecule has 5 rings (SSSR count). The van der Waals surface area contributed by atoms with Crippen LogP contribution in [0.5, 0.6) is 5.75 Å². The SMILES string of the molecule is C=COC1CC2(C)C(OCCCC)CCC2C2CCc3cc(OCc4ccccc4)ccc3C12. The largest absolute Gasteiger partial charge is 0.498 e. The van der Waals surface area contributed by atoms with E-state index in [2.05, 4.69) is 62.9 Å². The van der Waals surface area contributed by atoms with Gasteiger partial charge in [0.1, 0.15) is 18.5 Å². The van der Waals surface area contributed by atoms with E-state index in [4.69, 9.17) is 14.2 Å². The van der Waals surface area contributed by atoms with Crippen LogP contribution in [-0.2, 0) is 22.5 Å². The maximum absolute atomic E-state index is 6.47. The summed E-state index contributed by atoms with van der Waals surface area (Å²) in [5.41, 5.74) is 4.29. The van der Waals surface area contributed by atoms with Gasteiger partial charge < -0.3 is 14.2 Å². The first kappa shape index (κ1) is 23.5. The molecule has 0 aliphatic heterocycles. The van der Waals surface area contributed by atoms with Crippen molar-refractivity contribution in [1.82, 2.24) is 0 Å². The third-order valence-corrected chi connectivity index (χ3v) is 8.90. The molecule has 0 aromatic heterocycles. The molecule has 0 spiro atoms. The van der Waals surface area contributed by atoms with Crippen molar-refractivity contribution < 1.29 is 14.2 Å². The van der Waals surface area contributed by atoms with Crippen LogP contribution >= 0.6 is 0 Å². The Hall–Kier alpha value is -2.26. The predicted molar refractivity (Wildman–Crippen MR) is 137 cm³/mol. The summed E-state index contributed by atoms with van der Waals surface area (Å²) < 4.78 is 18.9.